The van der Waals surface area contributed by atoms with Crippen molar-refractivity contribution in [3.63, 3.8) is 0 Å². The highest BCUT2D eigenvalue weighted by Gasteiger charge is 2.14. The number of thioether (sulfide) groups is 1. The molecule has 21 heavy (non-hydrogen) atoms. The fourth-order valence-electron chi connectivity index (χ4n) is 1.64. The Balaban J connectivity index is 2.52. The summed E-state index contributed by atoms with van der Waals surface area (Å²) in [6.45, 7) is 0.454. The molecule has 6 nitrogen and oxygen atoms in total. The van der Waals surface area contributed by atoms with Crippen molar-refractivity contribution in [3.8, 4) is 0 Å². The Bertz CT molecular complexity index is 534. The minimum absolute atomic E-state index is 0.0178. The summed E-state index contributed by atoms with van der Waals surface area (Å²) in [6, 6.07) is 6.95. The van der Waals surface area contributed by atoms with Gasteiger partial charge in [-0.25, -0.2) is 4.79 Å². The molecule has 0 aliphatic rings. The predicted octanol–water partition coefficient (Wildman–Crippen LogP) is 1.54. The van der Waals surface area contributed by atoms with Gasteiger partial charge in [-0.05, 0) is 36.8 Å². The molecule has 0 heterocycles. The van der Waals surface area contributed by atoms with E-state index in [4.69, 9.17) is 7.15 Å². The van der Waals surface area contributed by atoms with E-state index in [-0.39, 0.29) is 5.96 Å². The van der Waals surface area contributed by atoms with E-state index in [1.54, 1.807) is 18.0 Å². The zero-order valence-corrected chi connectivity index (χ0v) is 12.6. The maximum absolute atomic E-state index is 11.2. The lowest BCUT2D eigenvalue weighted by Gasteiger charge is -2.08. The second kappa shape index (κ2) is 9.02. The van der Waals surface area contributed by atoms with E-state index in [1.165, 1.54) is 0 Å². The molecule has 7 heteroatoms. The number of carboxylic acids is 1. The number of nitrogens with two attached hydrogens (primary N) is 1. The maximum atomic E-state index is 11.2. The number of aliphatic carboxylic acids is 1. The third-order valence-corrected chi connectivity index (χ3v) is 3.51. The molecule has 0 amide bonds. The van der Waals surface area contributed by atoms with E-state index in [0.29, 0.717) is 19.4 Å². The fraction of sp³-hybridized carbons (Fsp3) is 0.357. The lowest BCUT2D eigenvalue weighted by atomic mass is 10.1. The topological polar surface area (TPSA) is 112 Å². The highest BCUT2D eigenvalue weighted by atomic mass is 32.2. The first-order valence-corrected chi connectivity index (χ1v) is 7.70. The van der Waals surface area contributed by atoms with Crippen molar-refractivity contribution >= 4 is 29.9 Å². The quantitative estimate of drug-likeness (QED) is 0.252. The molecular formula is C14H20N4O2S. The Morgan fingerprint density at radius 1 is 1.62 bits per heavy atom. The number of guanidine groups is 1. The van der Waals surface area contributed by atoms with Crippen LogP contribution < -0.4 is 11.1 Å². The molecule has 1 aromatic rings. The molecule has 1 rings (SSSR count). The second-order valence-corrected chi connectivity index (χ2v) is 5.24. The van der Waals surface area contributed by atoms with E-state index in [9.17, 15) is 9.90 Å². The van der Waals surface area contributed by atoms with Crippen LogP contribution in [0.4, 0.5) is 0 Å². The molecule has 5 N–H and O–H groups in total. The molecule has 0 radical (unpaired) electrons. The number of aliphatic imine (C=N–C) groups is 1. The van der Waals surface area contributed by atoms with Crippen LogP contribution in [0.3, 0.4) is 0 Å². The Morgan fingerprint density at radius 2 is 2.33 bits per heavy atom. The second-order valence-electron chi connectivity index (χ2n) is 4.36. The summed E-state index contributed by atoms with van der Waals surface area (Å²) in [4.78, 5) is 16.5. The first kappa shape index (κ1) is 15.4. The van der Waals surface area contributed by atoms with Gasteiger partial charge in [-0.15, -0.1) is 11.8 Å². The molecule has 0 bridgehead atoms. The number of rotatable bonds is 8. The van der Waals surface area contributed by atoms with Crippen LogP contribution in [0.15, 0.2) is 34.2 Å². The average molecular weight is 308 g/mol. The van der Waals surface area contributed by atoms with Crippen LogP contribution in [0.1, 0.15) is 18.4 Å². The van der Waals surface area contributed by atoms with E-state index in [2.05, 4.69) is 15.7 Å². The van der Waals surface area contributed by atoms with Crippen LogP contribution in [-0.4, -0.2) is 42.1 Å². The summed E-state index contributed by atoms with van der Waals surface area (Å²) >= 11 is 1.65. The molecule has 0 saturated heterocycles. The molecule has 0 fully saturated rings. The van der Waals surface area contributed by atoms with Gasteiger partial charge >= 0.3 is 5.97 Å². The molecule has 0 aliphatic carbocycles. The number of hydrogen-bond donors (Lipinski definition) is 4. The Labute approximate surface area is 129 Å². The molecule has 114 valence electrons. The van der Waals surface area contributed by atoms with Crippen LogP contribution >= 0.6 is 11.8 Å². The average Bonchev–Trinajstić information content (AvgIpc) is 2.53. The predicted molar refractivity (Wildman–Crippen MR) is 86.4 cm³/mol. The van der Waals surface area contributed by atoms with Crippen molar-refractivity contribution in [2.75, 3.05) is 12.8 Å². The highest BCUT2D eigenvalue weighted by Crippen LogP contribution is 2.14. The SMILES string of the molecule is [H]/N=C(\N)NCCC[C@H](N=Cc1ccc(SC)cc1)C(=O)O. The van der Waals surface area contributed by atoms with Gasteiger partial charge in [0.05, 0.1) is 0 Å². The van der Waals surface area contributed by atoms with Crippen molar-refractivity contribution < 1.29 is 11.3 Å². The van der Waals surface area contributed by atoms with E-state index < -0.39 is 12.0 Å². The van der Waals surface area contributed by atoms with Crippen LogP contribution in [0.25, 0.3) is 0 Å². The van der Waals surface area contributed by atoms with Gasteiger partial charge in [-0.3, -0.25) is 10.4 Å². The van der Waals surface area contributed by atoms with Gasteiger partial charge in [-0.2, -0.15) is 0 Å². The molecule has 1 atom stereocenters. The monoisotopic (exact) mass is 308 g/mol. The Hall–Kier alpha value is -2.02. The summed E-state index contributed by atoms with van der Waals surface area (Å²) in [5.74, 6) is -0.941. The molecule has 0 unspecified atom stereocenters. The standard InChI is InChI=1S/C14H20N4O2S/c1-21-11-6-4-10(5-7-11)9-18-12(13(19)20)3-2-8-17-14(15)16/h4-7,9,12H,2-3,8H2,1H3,(H,19,20)(H4,15,16,17)/t12-/m0/s1. The third kappa shape index (κ3) is 6.80. The van der Waals surface area contributed by atoms with Gasteiger partial charge < -0.3 is 16.2 Å². The highest BCUT2D eigenvalue weighted by molar-refractivity contribution is 7.98. The van der Waals surface area contributed by atoms with E-state index >= 15 is 0 Å². The summed E-state index contributed by atoms with van der Waals surface area (Å²) in [5, 5.41) is 14.9. The number of carbonyl (C=O) groups is 1. The van der Waals surface area contributed by atoms with Crippen LogP contribution in [0, 0.1) is 5.40 Å². The maximum Gasteiger partial charge on any atom is 0.328 e. The molecule has 1 aromatic carbocycles. The van der Waals surface area contributed by atoms with Gasteiger partial charge in [0.1, 0.15) is 6.04 Å². The van der Waals surface area contributed by atoms with Gasteiger partial charge in [0.2, 0.25) is 0 Å². The zero-order valence-electron chi connectivity index (χ0n) is 12.8. The van der Waals surface area contributed by atoms with E-state index in [0.717, 1.165) is 10.5 Å². The van der Waals surface area contributed by atoms with Gasteiger partial charge in [0.25, 0.3) is 0 Å². The summed E-state index contributed by atoms with van der Waals surface area (Å²) in [7, 11) is 0. The van der Waals surface area contributed by atoms with Crippen LogP contribution in [0.2, 0.25) is 1.41 Å². The lowest BCUT2D eigenvalue weighted by molar-refractivity contribution is -0.138. The molecule has 0 spiro atoms. The number of hydrogen-bond acceptors (Lipinski definition) is 4. The minimum atomic E-state index is -0.959. The number of carboxylic acid groups (broad SMARTS) is 1. The van der Waals surface area contributed by atoms with Crippen molar-refractivity contribution in [1.29, 1.82) is 5.40 Å². The number of benzene rings is 1. The van der Waals surface area contributed by atoms with Gasteiger partial charge in [0, 0.05) is 17.7 Å². The van der Waals surface area contributed by atoms with Crippen molar-refractivity contribution in [1.82, 2.24) is 5.32 Å². The molecular weight excluding hydrogens is 288 g/mol. The van der Waals surface area contributed by atoms with Crippen molar-refractivity contribution in [2.24, 2.45) is 10.7 Å². The fourth-order valence-corrected chi connectivity index (χ4v) is 2.05. The molecule has 0 aromatic heterocycles. The van der Waals surface area contributed by atoms with Gasteiger partial charge in [-0.1, -0.05) is 12.1 Å². The Morgan fingerprint density at radius 3 is 2.90 bits per heavy atom. The third-order valence-electron chi connectivity index (χ3n) is 2.76. The van der Waals surface area contributed by atoms with Crippen molar-refractivity contribution in [2.45, 2.75) is 23.8 Å². The van der Waals surface area contributed by atoms with Crippen molar-refractivity contribution in [3.05, 3.63) is 29.8 Å². The minimum Gasteiger partial charge on any atom is -0.480 e. The smallest absolute Gasteiger partial charge is 0.328 e. The number of nitrogens with one attached hydrogen (secondary N) is 2. The first-order chi connectivity index (χ1) is 10.6. The van der Waals surface area contributed by atoms with Crippen LogP contribution in [0.5, 0.6) is 0 Å². The number of nitrogens with zero attached hydrogens (tertiary/aromatic N) is 1. The summed E-state index contributed by atoms with van der Waals surface area (Å²) < 4.78 is 6.67. The van der Waals surface area contributed by atoms with E-state index in [1.807, 2.05) is 30.5 Å². The normalized spacial score (nSPS) is 14.0. The molecule has 0 saturated carbocycles. The lowest BCUT2D eigenvalue weighted by Crippen LogP contribution is -2.31. The van der Waals surface area contributed by atoms with Crippen LogP contribution in [-0.2, 0) is 4.79 Å². The molecule has 0 aliphatic heterocycles. The zero-order chi connectivity index (χ0) is 16.4. The summed E-state index contributed by atoms with van der Waals surface area (Å²) in [5.41, 5.74) is 6.18. The largest absolute Gasteiger partial charge is 0.480 e. The first-order valence-electron chi connectivity index (χ1n) is 6.93. The van der Waals surface area contributed by atoms with Gasteiger partial charge in [0.15, 0.2) is 7.37 Å². The Kier molecular flexibility index (Phi) is 6.60. The summed E-state index contributed by atoms with van der Waals surface area (Å²) in [6.07, 6.45) is 4.52.